The van der Waals surface area contributed by atoms with Crippen LogP contribution >= 0.6 is 10.2 Å². The Morgan fingerprint density at radius 3 is 2.06 bits per heavy atom. The molecule has 0 fully saturated rings. The Bertz CT molecular complexity index is 554. The number of nitro groups is 1. The second-order valence-electron chi connectivity index (χ2n) is 3.21. The minimum atomic E-state index is -10.1. The molecular formula is C7H4F5NO4S. The summed E-state index contributed by atoms with van der Waals surface area (Å²) in [5.41, 5.74) is -2.65. The predicted molar refractivity (Wildman–Crippen MR) is 51.5 cm³/mol. The van der Waals surface area contributed by atoms with E-state index < -0.39 is 43.3 Å². The maximum absolute atomic E-state index is 12.4. The summed E-state index contributed by atoms with van der Waals surface area (Å²) in [6, 6.07) is -0.579. The zero-order valence-electron chi connectivity index (χ0n) is 8.15. The van der Waals surface area contributed by atoms with Gasteiger partial charge in [0, 0.05) is 6.07 Å². The fourth-order valence-corrected chi connectivity index (χ4v) is 1.75. The quantitative estimate of drug-likeness (QED) is 0.519. The minimum Gasteiger partial charge on any atom is -0.477 e. The molecule has 1 aromatic carbocycles. The van der Waals surface area contributed by atoms with E-state index in [9.17, 15) is 34.3 Å². The molecule has 0 heterocycles. The topological polar surface area (TPSA) is 80.4 Å². The van der Waals surface area contributed by atoms with Crippen molar-refractivity contribution >= 4 is 21.9 Å². The molecule has 1 aromatic rings. The standard InChI is InChI=1S/C7H4F5NO4S/c8-18(9,10,11,12)4-1-2-6(13(16)17)5(3-4)7(14)15/h1-3H,(H,14,15). The fourth-order valence-electron chi connectivity index (χ4n) is 1.09. The molecule has 0 aromatic heterocycles. The molecule has 0 aliphatic heterocycles. The van der Waals surface area contributed by atoms with Gasteiger partial charge in [-0.25, -0.2) is 4.79 Å². The van der Waals surface area contributed by atoms with Crippen molar-refractivity contribution in [2.75, 3.05) is 0 Å². The van der Waals surface area contributed by atoms with E-state index in [0.717, 1.165) is 0 Å². The summed E-state index contributed by atoms with van der Waals surface area (Å²) in [5.74, 6) is -2.11. The van der Waals surface area contributed by atoms with Crippen molar-refractivity contribution in [3.8, 4) is 0 Å². The molecule has 0 aliphatic rings. The van der Waals surface area contributed by atoms with Crippen LogP contribution in [-0.2, 0) is 0 Å². The van der Waals surface area contributed by atoms with Crippen molar-refractivity contribution in [2.45, 2.75) is 4.90 Å². The molecule has 0 saturated carbocycles. The van der Waals surface area contributed by atoms with Crippen LogP contribution in [0.2, 0.25) is 0 Å². The van der Waals surface area contributed by atoms with Gasteiger partial charge in [-0.2, -0.15) is 0 Å². The van der Waals surface area contributed by atoms with E-state index in [0.29, 0.717) is 0 Å². The summed E-state index contributed by atoms with van der Waals surface area (Å²) in [4.78, 5) is 17.1. The third kappa shape index (κ3) is 2.85. The largest absolute Gasteiger partial charge is 0.477 e. The van der Waals surface area contributed by atoms with Gasteiger partial charge in [-0.15, -0.1) is 0 Å². The highest BCUT2D eigenvalue weighted by Crippen LogP contribution is 3.02. The molecule has 5 nitrogen and oxygen atoms in total. The highest BCUT2D eigenvalue weighted by Gasteiger charge is 2.65. The molecule has 0 aliphatic carbocycles. The van der Waals surface area contributed by atoms with Crippen LogP contribution in [0.15, 0.2) is 23.1 Å². The Balaban J connectivity index is 3.63. The lowest BCUT2D eigenvalue weighted by atomic mass is 10.2. The molecule has 0 amide bonds. The third-order valence-electron chi connectivity index (χ3n) is 1.84. The van der Waals surface area contributed by atoms with Crippen LogP contribution in [0.5, 0.6) is 0 Å². The van der Waals surface area contributed by atoms with Gasteiger partial charge >= 0.3 is 16.2 Å². The van der Waals surface area contributed by atoms with Crippen molar-refractivity contribution in [1.82, 2.24) is 0 Å². The first-order valence-corrected chi connectivity index (χ1v) is 5.93. The molecule has 0 atom stereocenters. The van der Waals surface area contributed by atoms with Crippen molar-refractivity contribution in [1.29, 1.82) is 0 Å². The summed E-state index contributed by atoms with van der Waals surface area (Å²) in [6.45, 7) is 0. The van der Waals surface area contributed by atoms with Crippen LogP contribution in [0.3, 0.4) is 0 Å². The molecule has 1 N–H and O–H groups in total. The summed E-state index contributed by atoms with van der Waals surface area (Å²) < 4.78 is 61.8. The van der Waals surface area contributed by atoms with Gasteiger partial charge in [0.1, 0.15) is 10.5 Å². The minimum absolute atomic E-state index is 0.0800. The van der Waals surface area contributed by atoms with Crippen LogP contribution in [0.25, 0.3) is 0 Å². The normalized spacial score (nSPS) is 15.6. The molecular weight excluding hydrogens is 289 g/mol. The van der Waals surface area contributed by atoms with Gasteiger partial charge in [0.2, 0.25) is 0 Å². The Morgan fingerprint density at radius 2 is 1.72 bits per heavy atom. The number of carboxylic acids is 1. The van der Waals surface area contributed by atoms with Crippen LogP contribution in [0.4, 0.5) is 25.1 Å². The fraction of sp³-hybridized carbons (Fsp3) is 0. The number of hydrogen-bond donors (Lipinski definition) is 1. The lowest BCUT2D eigenvalue weighted by Gasteiger charge is -2.40. The average Bonchev–Trinajstić information content (AvgIpc) is 2.13. The first kappa shape index (κ1) is 14.2. The van der Waals surface area contributed by atoms with Gasteiger partial charge < -0.3 is 5.11 Å². The zero-order valence-corrected chi connectivity index (χ0v) is 8.97. The molecule has 0 bridgehead atoms. The van der Waals surface area contributed by atoms with Gasteiger partial charge in [0.05, 0.1) is 4.92 Å². The number of carboxylic acid groups (broad SMARTS) is 1. The lowest BCUT2D eigenvalue weighted by Crippen LogP contribution is -2.09. The molecule has 0 unspecified atom stereocenters. The second-order valence-corrected chi connectivity index (χ2v) is 5.62. The number of benzene rings is 1. The van der Waals surface area contributed by atoms with Gasteiger partial charge in [0.15, 0.2) is 0 Å². The molecule has 102 valence electrons. The Hall–Kier alpha value is -1.91. The Morgan fingerprint density at radius 1 is 1.22 bits per heavy atom. The van der Waals surface area contributed by atoms with Crippen LogP contribution in [-0.4, -0.2) is 16.0 Å². The monoisotopic (exact) mass is 293 g/mol. The number of rotatable bonds is 3. The number of hydrogen-bond acceptors (Lipinski definition) is 3. The first-order valence-electron chi connectivity index (χ1n) is 3.98. The van der Waals surface area contributed by atoms with Gasteiger partial charge in [-0.1, -0.05) is 19.4 Å². The Kier molecular flexibility index (Phi) is 2.44. The number of aromatic carboxylic acids is 1. The Labute approximate surface area is 95.7 Å². The number of nitro benzene ring substituents is 1. The summed E-state index contributed by atoms with van der Waals surface area (Å²) in [7, 11) is -10.1. The predicted octanol–water partition coefficient (Wildman–Crippen LogP) is 3.95. The van der Waals surface area contributed by atoms with E-state index in [1.165, 1.54) is 0 Å². The molecule has 18 heavy (non-hydrogen) atoms. The van der Waals surface area contributed by atoms with Crippen molar-refractivity contribution < 1.29 is 34.3 Å². The van der Waals surface area contributed by atoms with E-state index in [1.807, 2.05) is 0 Å². The third-order valence-corrected chi connectivity index (χ3v) is 2.99. The van der Waals surface area contributed by atoms with E-state index >= 15 is 0 Å². The van der Waals surface area contributed by atoms with Crippen LogP contribution in [0, 0.1) is 10.1 Å². The SMILES string of the molecule is O=C(O)c1cc(S(F)(F)(F)(F)F)ccc1[N+](=O)[O-]. The van der Waals surface area contributed by atoms with Gasteiger partial charge in [-0.05, 0) is 12.1 Å². The van der Waals surface area contributed by atoms with Crippen molar-refractivity contribution in [3.63, 3.8) is 0 Å². The molecule has 11 heteroatoms. The summed E-state index contributed by atoms with van der Waals surface area (Å²) in [5, 5.41) is 18.8. The van der Waals surface area contributed by atoms with E-state index in [-0.39, 0.29) is 12.1 Å². The number of nitrogens with zero attached hydrogens (tertiary/aromatic N) is 1. The van der Waals surface area contributed by atoms with E-state index in [2.05, 4.69) is 0 Å². The van der Waals surface area contributed by atoms with Crippen molar-refractivity contribution in [2.24, 2.45) is 0 Å². The van der Waals surface area contributed by atoms with Gasteiger partial charge in [-0.3, -0.25) is 10.1 Å². The number of halogens is 5. The van der Waals surface area contributed by atoms with Gasteiger partial charge in [0.25, 0.3) is 5.69 Å². The maximum Gasteiger partial charge on any atom is 0.342 e. The summed E-state index contributed by atoms with van der Waals surface area (Å²) >= 11 is 0. The highest BCUT2D eigenvalue weighted by molar-refractivity contribution is 8.45. The highest BCUT2D eigenvalue weighted by atomic mass is 32.5. The lowest BCUT2D eigenvalue weighted by molar-refractivity contribution is -0.385. The van der Waals surface area contributed by atoms with Crippen LogP contribution in [0.1, 0.15) is 10.4 Å². The maximum atomic E-state index is 12.4. The average molecular weight is 293 g/mol. The van der Waals surface area contributed by atoms with Crippen molar-refractivity contribution in [3.05, 3.63) is 33.9 Å². The van der Waals surface area contributed by atoms with E-state index in [1.54, 1.807) is 0 Å². The molecule has 0 radical (unpaired) electrons. The summed E-state index contributed by atoms with van der Waals surface area (Å²) in [6.07, 6.45) is 0. The first-order chi connectivity index (χ1) is 7.72. The zero-order chi connectivity index (χ0) is 14.4. The van der Waals surface area contributed by atoms with Crippen LogP contribution < -0.4 is 0 Å². The molecule has 1 rings (SSSR count). The smallest absolute Gasteiger partial charge is 0.342 e. The van der Waals surface area contributed by atoms with E-state index in [4.69, 9.17) is 5.11 Å². The number of carbonyl (C=O) groups is 1. The molecule has 0 spiro atoms. The second kappa shape index (κ2) is 3.10. The molecule has 0 saturated heterocycles.